The van der Waals surface area contributed by atoms with Crippen LogP contribution in [-0.4, -0.2) is 16.5 Å². The monoisotopic (exact) mass is 259 g/mol. The molecule has 2 aliphatic carbocycles. The molecule has 2 unspecified atom stereocenters. The average Bonchev–Trinajstić information content (AvgIpc) is 2.69. The molecule has 19 heavy (non-hydrogen) atoms. The van der Waals surface area contributed by atoms with Gasteiger partial charge in [-0.25, -0.2) is 9.97 Å². The lowest BCUT2D eigenvalue weighted by atomic mass is 10.1. The Kier molecular flexibility index (Phi) is 4.00. The first-order valence-corrected chi connectivity index (χ1v) is 7.89. The van der Waals surface area contributed by atoms with Gasteiger partial charge >= 0.3 is 0 Å². The summed E-state index contributed by atoms with van der Waals surface area (Å²) in [6, 6.07) is 0. The maximum absolute atomic E-state index is 4.49. The Morgan fingerprint density at radius 2 is 2.05 bits per heavy atom. The first-order chi connectivity index (χ1) is 9.33. The molecule has 0 bridgehead atoms. The van der Waals surface area contributed by atoms with Gasteiger partial charge in [0.2, 0.25) is 0 Å². The van der Waals surface area contributed by atoms with Crippen molar-refractivity contribution >= 4 is 5.82 Å². The van der Waals surface area contributed by atoms with E-state index in [1.54, 1.807) is 6.33 Å². The number of fused-ring (bicyclic) bond motifs is 1. The molecule has 0 amide bonds. The third-order valence-corrected chi connectivity index (χ3v) is 4.74. The van der Waals surface area contributed by atoms with E-state index in [1.165, 1.54) is 49.8 Å². The van der Waals surface area contributed by atoms with Gasteiger partial charge in [0.25, 0.3) is 0 Å². The van der Waals surface area contributed by atoms with E-state index in [-0.39, 0.29) is 0 Å². The largest absolute Gasteiger partial charge is 0.369 e. The molecule has 1 N–H and O–H groups in total. The highest BCUT2D eigenvalue weighted by Gasteiger charge is 2.22. The van der Waals surface area contributed by atoms with E-state index in [0.717, 1.165) is 37.0 Å². The first kappa shape index (κ1) is 12.9. The molecule has 0 saturated heterocycles. The second kappa shape index (κ2) is 5.89. The maximum atomic E-state index is 4.49. The lowest BCUT2D eigenvalue weighted by molar-refractivity contribution is 0.536. The van der Waals surface area contributed by atoms with Crippen molar-refractivity contribution in [1.82, 2.24) is 9.97 Å². The molecule has 2 atom stereocenters. The highest BCUT2D eigenvalue weighted by molar-refractivity contribution is 5.46. The fraction of sp³-hybridized carbons (Fsp3) is 0.750. The number of hydrogen-bond donors (Lipinski definition) is 1. The Labute approximate surface area is 116 Å². The number of hydrogen-bond acceptors (Lipinski definition) is 3. The van der Waals surface area contributed by atoms with Crippen LogP contribution in [-0.2, 0) is 12.8 Å². The van der Waals surface area contributed by atoms with E-state index in [0.29, 0.717) is 0 Å². The molecule has 1 saturated carbocycles. The van der Waals surface area contributed by atoms with Gasteiger partial charge in [0.1, 0.15) is 12.1 Å². The van der Waals surface area contributed by atoms with Crippen LogP contribution in [0.25, 0.3) is 0 Å². The summed E-state index contributed by atoms with van der Waals surface area (Å²) in [6.07, 6.45) is 12.1. The lowest BCUT2D eigenvalue weighted by Crippen LogP contribution is -2.15. The minimum Gasteiger partial charge on any atom is -0.369 e. The third kappa shape index (κ3) is 3.07. The normalized spacial score (nSPS) is 26.8. The highest BCUT2D eigenvalue weighted by atomic mass is 15.0. The Morgan fingerprint density at radius 3 is 2.89 bits per heavy atom. The van der Waals surface area contributed by atoms with Gasteiger partial charge in [-0.2, -0.15) is 0 Å². The predicted molar refractivity (Wildman–Crippen MR) is 78.3 cm³/mol. The average molecular weight is 259 g/mol. The SMILES string of the molecule is CC1CCC(CNc2ncnc3c2CCCCC3)C1. The Bertz CT molecular complexity index is 430. The molecule has 3 heteroatoms. The van der Waals surface area contributed by atoms with Gasteiger partial charge in [-0.3, -0.25) is 0 Å². The van der Waals surface area contributed by atoms with Crippen LogP contribution in [0, 0.1) is 11.8 Å². The zero-order chi connectivity index (χ0) is 13.1. The van der Waals surface area contributed by atoms with Gasteiger partial charge in [-0.1, -0.05) is 19.8 Å². The molecule has 1 fully saturated rings. The zero-order valence-electron chi connectivity index (χ0n) is 12.0. The number of rotatable bonds is 3. The van der Waals surface area contributed by atoms with Crippen LogP contribution < -0.4 is 5.32 Å². The van der Waals surface area contributed by atoms with E-state index >= 15 is 0 Å². The molecule has 1 aromatic heterocycles. The highest BCUT2D eigenvalue weighted by Crippen LogP contribution is 2.31. The number of aromatic nitrogens is 2. The molecule has 0 spiro atoms. The molecule has 1 aromatic rings. The number of nitrogens with zero attached hydrogens (tertiary/aromatic N) is 2. The molecule has 3 rings (SSSR count). The van der Waals surface area contributed by atoms with E-state index in [9.17, 15) is 0 Å². The van der Waals surface area contributed by atoms with Crippen molar-refractivity contribution in [3.63, 3.8) is 0 Å². The van der Waals surface area contributed by atoms with Gasteiger partial charge in [0.05, 0.1) is 0 Å². The smallest absolute Gasteiger partial charge is 0.132 e. The van der Waals surface area contributed by atoms with Crippen molar-refractivity contribution in [2.45, 2.75) is 58.3 Å². The molecular formula is C16H25N3. The van der Waals surface area contributed by atoms with Crippen LogP contribution in [0.15, 0.2) is 6.33 Å². The van der Waals surface area contributed by atoms with Gasteiger partial charge in [-0.15, -0.1) is 0 Å². The van der Waals surface area contributed by atoms with Crippen molar-refractivity contribution < 1.29 is 0 Å². The summed E-state index contributed by atoms with van der Waals surface area (Å²) in [5.41, 5.74) is 2.68. The number of anilines is 1. The Balaban J connectivity index is 1.67. The van der Waals surface area contributed by atoms with Gasteiger partial charge in [0, 0.05) is 17.8 Å². The predicted octanol–water partition coefficient (Wildman–Crippen LogP) is 3.59. The molecule has 3 nitrogen and oxygen atoms in total. The summed E-state index contributed by atoms with van der Waals surface area (Å²) in [7, 11) is 0. The molecule has 0 radical (unpaired) electrons. The summed E-state index contributed by atoms with van der Waals surface area (Å²) in [6.45, 7) is 3.46. The molecule has 104 valence electrons. The van der Waals surface area contributed by atoms with E-state index in [4.69, 9.17) is 0 Å². The third-order valence-electron chi connectivity index (χ3n) is 4.74. The molecule has 1 heterocycles. The summed E-state index contributed by atoms with van der Waals surface area (Å²) >= 11 is 0. The van der Waals surface area contributed by atoms with Gasteiger partial charge in [0.15, 0.2) is 0 Å². The van der Waals surface area contributed by atoms with E-state index in [2.05, 4.69) is 22.2 Å². The summed E-state index contributed by atoms with van der Waals surface area (Å²) in [5, 5.41) is 3.61. The van der Waals surface area contributed by atoms with Crippen molar-refractivity contribution in [2.75, 3.05) is 11.9 Å². The van der Waals surface area contributed by atoms with Crippen LogP contribution in [0.3, 0.4) is 0 Å². The minimum atomic E-state index is 0.839. The van der Waals surface area contributed by atoms with Gasteiger partial charge < -0.3 is 5.32 Å². The summed E-state index contributed by atoms with van der Waals surface area (Å²) < 4.78 is 0. The molecule has 0 aromatic carbocycles. The van der Waals surface area contributed by atoms with Gasteiger partial charge in [-0.05, 0) is 50.4 Å². The topological polar surface area (TPSA) is 37.8 Å². The number of aryl methyl sites for hydroxylation is 1. The van der Waals surface area contributed by atoms with Crippen molar-refractivity contribution in [3.05, 3.63) is 17.6 Å². The summed E-state index contributed by atoms with van der Waals surface area (Å²) in [5.74, 6) is 2.87. The molecule has 2 aliphatic rings. The summed E-state index contributed by atoms with van der Waals surface area (Å²) in [4.78, 5) is 8.97. The minimum absolute atomic E-state index is 0.839. The van der Waals surface area contributed by atoms with Crippen molar-refractivity contribution in [3.8, 4) is 0 Å². The number of nitrogens with one attached hydrogen (secondary N) is 1. The fourth-order valence-corrected chi connectivity index (χ4v) is 3.60. The quantitative estimate of drug-likeness (QED) is 0.843. The fourth-order valence-electron chi connectivity index (χ4n) is 3.60. The van der Waals surface area contributed by atoms with Crippen LogP contribution in [0.1, 0.15) is 56.7 Å². The van der Waals surface area contributed by atoms with Crippen LogP contribution in [0.4, 0.5) is 5.82 Å². The Hall–Kier alpha value is -1.12. The van der Waals surface area contributed by atoms with E-state index < -0.39 is 0 Å². The Morgan fingerprint density at radius 1 is 1.16 bits per heavy atom. The van der Waals surface area contributed by atoms with Crippen LogP contribution >= 0.6 is 0 Å². The lowest BCUT2D eigenvalue weighted by Gasteiger charge is -2.15. The molecular weight excluding hydrogens is 234 g/mol. The van der Waals surface area contributed by atoms with Crippen LogP contribution in [0.2, 0.25) is 0 Å². The second-order valence-electron chi connectivity index (χ2n) is 6.37. The van der Waals surface area contributed by atoms with Crippen LogP contribution in [0.5, 0.6) is 0 Å². The van der Waals surface area contributed by atoms with Crippen molar-refractivity contribution in [2.24, 2.45) is 11.8 Å². The maximum Gasteiger partial charge on any atom is 0.132 e. The standard InChI is InChI=1S/C16H25N3/c1-12-7-8-13(9-12)10-17-16-14-5-3-2-4-6-15(14)18-11-19-16/h11-13H,2-10H2,1H3,(H,17,18,19). The van der Waals surface area contributed by atoms with E-state index in [1.807, 2.05) is 0 Å². The first-order valence-electron chi connectivity index (χ1n) is 7.89. The van der Waals surface area contributed by atoms with Crippen molar-refractivity contribution in [1.29, 1.82) is 0 Å². The zero-order valence-corrected chi connectivity index (χ0v) is 12.0. The molecule has 0 aliphatic heterocycles. The second-order valence-corrected chi connectivity index (χ2v) is 6.37.